The molecule has 0 aromatic carbocycles. The summed E-state index contributed by atoms with van der Waals surface area (Å²) in [6, 6.07) is 0. The molecule has 0 bridgehead atoms. The Morgan fingerprint density at radius 2 is 2.20 bits per heavy atom. The maximum atomic E-state index is 10.5. The summed E-state index contributed by atoms with van der Waals surface area (Å²) in [6.07, 6.45) is 1.22. The first-order chi connectivity index (χ1) is 4.20. The SMILES string of the molecule is CN=C(N)[CH-]C(=O)NC.[Y]. The molecule has 10 heavy (non-hydrogen) atoms. The number of carbonyl (C=O) groups is 1. The first-order valence-electron chi connectivity index (χ1n) is 2.49. The number of rotatable bonds is 2. The molecule has 1 radical (unpaired) electrons. The zero-order valence-electron chi connectivity index (χ0n) is 6.09. The Labute approximate surface area is 85.5 Å². The molecule has 5 heteroatoms. The van der Waals surface area contributed by atoms with Gasteiger partial charge in [0.15, 0.2) is 0 Å². The van der Waals surface area contributed by atoms with Gasteiger partial charge in [-0.3, -0.25) is 0 Å². The van der Waals surface area contributed by atoms with Crippen molar-refractivity contribution in [1.29, 1.82) is 0 Å². The third-order valence-corrected chi connectivity index (χ3v) is 0.784. The van der Waals surface area contributed by atoms with Gasteiger partial charge in [0.2, 0.25) is 0 Å². The molecule has 0 rings (SSSR count). The summed E-state index contributed by atoms with van der Waals surface area (Å²) in [5, 5.41) is 2.37. The van der Waals surface area contributed by atoms with Gasteiger partial charge in [-0.2, -0.15) is 0 Å². The largest absolute Gasteiger partial charge is 0.411 e. The van der Waals surface area contributed by atoms with E-state index in [0.29, 0.717) is 0 Å². The Morgan fingerprint density at radius 3 is 2.50 bits per heavy atom. The summed E-state index contributed by atoms with van der Waals surface area (Å²) in [5.74, 6) is -0.00699. The Balaban J connectivity index is 0. The molecule has 0 heterocycles. The molecule has 0 atom stereocenters. The van der Waals surface area contributed by atoms with Gasteiger partial charge in [-0.15, -0.1) is 0 Å². The van der Waals surface area contributed by atoms with Crippen molar-refractivity contribution in [2.45, 2.75) is 0 Å². The second kappa shape index (κ2) is 7.03. The van der Waals surface area contributed by atoms with Crippen molar-refractivity contribution in [1.82, 2.24) is 5.32 Å². The first-order valence-corrected chi connectivity index (χ1v) is 2.49. The van der Waals surface area contributed by atoms with Gasteiger partial charge < -0.3 is 20.8 Å². The first kappa shape index (κ1) is 12.6. The van der Waals surface area contributed by atoms with Crippen LogP contribution in [0, 0.1) is 6.42 Å². The quantitative estimate of drug-likeness (QED) is 0.351. The average Bonchev–Trinajstić information content (AvgIpc) is 1.87. The van der Waals surface area contributed by atoms with Crippen molar-refractivity contribution >= 4 is 11.7 Å². The fraction of sp³-hybridized carbons (Fsp3) is 0.400. The van der Waals surface area contributed by atoms with Crippen molar-refractivity contribution in [3.63, 3.8) is 0 Å². The molecule has 0 aliphatic carbocycles. The molecule has 55 valence electrons. The van der Waals surface area contributed by atoms with E-state index in [0.717, 1.165) is 0 Å². The third-order valence-electron chi connectivity index (χ3n) is 0.784. The molecular formula is C5H10N3OY-. The number of amides is 1. The summed E-state index contributed by atoms with van der Waals surface area (Å²) in [7, 11) is 3.05. The molecule has 0 aromatic heterocycles. The van der Waals surface area contributed by atoms with E-state index in [1.54, 1.807) is 0 Å². The van der Waals surface area contributed by atoms with E-state index in [2.05, 4.69) is 10.3 Å². The number of hydrogen-bond acceptors (Lipinski definition) is 2. The molecule has 4 nitrogen and oxygen atoms in total. The van der Waals surface area contributed by atoms with Crippen LogP contribution in [0.15, 0.2) is 4.99 Å². The number of nitrogens with one attached hydrogen (secondary N) is 1. The zero-order valence-corrected chi connectivity index (χ0v) is 8.93. The third kappa shape index (κ3) is 6.04. The second-order valence-electron chi connectivity index (χ2n) is 1.41. The normalized spacial score (nSPS) is 9.60. The number of nitrogens with two attached hydrogens (primary N) is 1. The zero-order chi connectivity index (χ0) is 7.28. The molecule has 3 N–H and O–H groups in total. The van der Waals surface area contributed by atoms with Crippen molar-refractivity contribution in [2.75, 3.05) is 14.1 Å². The predicted octanol–water partition coefficient (Wildman–Crippen LogP) is -1.08. The van der Waals surface area contributed by atoms with Gasteiger partial charge in [-0.05, 0) is 5.84 Å². The van der Waals surface area contributed by atoms with Gasteiger partial charge in [-0.25, -0.2) is 6.42 Å². The van der Waals surface area contributed by atoms with Gasteiger partial charge >= 0.3 is 0 Å². The van der Waals surface area contributed by atoms with Gasteiger partial charge in [0, 0.05) is 46.8 Å². The standard InChI is InChI=1S/C5H10N3O.Y/c1-7-4(6)3-5(9)8-2;/h3H,1-2H3,(H2,6,7)(H,8,9);/q-1;. The number of aliphatic imine (C=N–C) groups is 1. The molecule has 1 amide bonds. The van der Waals surface area contributed by atoms with E-state index < -0.39 is 0 Å². The van der Waals surface area contributed by atoms with Crippen molar-refractivity contribution in [2.24, 2.45) is 10.7 Å². The van der Waals surface area contributed by atoms with Crippen LogP contribution in [0.25, 0.3) is 0 Å². The van der Waals surface area contributed by atoms with Crippen LogP contribution < -0.4 is 11.1 Å². The number of carbonyl (C=O) groups excluding carboxylic acids is 1. The van der Waals surface area contributed by atoms with Crippen LogP contribution in [-0.2, 0) is 37.5 Å². The molecule has 0 saturated carbocycles. The van der Waals surface area contributed by atoms with Crippen molar-refractivity contribution in [3.8, 4) is 0 Å². The van der Waals surface area contributed by atoms with Gasteiger partial charge in [0.05, 0.1) is 5.91 Å². The number of amidine groups is 1. The van der Waals surface area contributed by atoms with Crippen LogP contribution in [0.1, 0.15) is 0 Å². The maximum absolute atomic E-state index is 10.5. The Kier molecular flexibility index (Phi) is 8.84. The summed E-state index contributed by atoms with van der Waals surface area (Å²) >= 11 is 0. The Hall–Kier alpha value is -0.0861. The molecule has 0 unspecified atom stereocenters. The van der Waals surface area contributed by atoms with E-state index in [9.17, 15) is 4.79 Å². The molecular weight excluding hydrogens is 207 g/mol. The van der Waals surface area contributed by atoms with Crippen LogP contribution >= 0.6 is 0 Å². The topological polar surface area (TPSA) is 67.5 Å². The van der Waals surface area contributed by atoms with E-state index in [4.69, 9.17) is 5.73 Å². The average molecular weight is 217 g/mol. The van der Waals surface area contributed by atoms with E-state index in [1.165, 1.54) is 20.5 Å². The molecule has 0 aliphatic rings. The summed E-state index contributed by atoms with van der Waals surface area (Å²) in [5.41, 5.74) is 5.18. The monoisotopic (exact) mass is 217 g/mol. The number of nitrogens with zero attached hydrogens (tertiary/aromatic N) is 1. The fourth-order valence-corrected chi connectivity index (χ4v) is 0.271. The maximum Gasteiger partial charge on any atom is 0.0888 e. The smallest absolute Gasteiger partial charge is 0.0888 e. The van der Waals surface area contributed by atoms with Gasteiger partial charge in [0.25, 0.3) is 0 Å². The fourth-order valence-electron chi connectivity index (χ4n) is 0.271. The van der Waals surface area contributed by atoms with Crippen LogP contribution in [0.3, 0.4) is 0 Å². The van der Waals surface area contributed by atoms with Crippen LogP contribution in [0.2, 0.25) is 0 Å². The minimum Gasteiger partial charge on any atom is -0.411 e. The summed E-state index contributed by atoms with van der Waals surface area (Å²) < 4.78 is 0. The molecule has 0 aromatic rings. The van der Waals surface area contributed by atoms with E-state index >= 15 is 0 Å². The molecule has 0 fully saturated rings. The van der Waals surface area contributed by atoms with Crippen LogP contribution in [-0.4, -0.2) is 25.8 Å². The molecule has 0 spiro atoms. The van der Waals surface area contributed by atoms with Gasteiger partial charge in [-0.1, -0.05) is 0 Å². The minimum atomic E-state index is -0.238. The molecule has 0 aliphatic heterocycles. The summed E-state index contributed by atoms with van der Waals surface area (Å²) in [4.78, 5) is 14.0. The van der Waals surface area contributed by atoms with Crippen LogP contribution in [0.5, 0.6) is 0 Å². The Bertz CT molecular complexity index is 135. The predicted molar refractivity (Wildman–Crippen MR) is 35.9 cm³/mol. The van der Waals surface area contributed by atoms with E-state index in [1.807, 2.05) is 0 Å². The molecule has 0 saturated heterocycles. The van der Waals surface area contributed by atoms with Crippen molar-refractivity contribution < 1.29 is 37.5 Å². The Morgan fingerprint density at radius 1 is 1.70 bits per heavy atom. The second-order valence-corrected chi connectivity index (χ2v) is 1.41. The van der Waals surface area contributed by atoms with Gasteiger partial charge in [0.1, 0.15) is 0 Å². The van der Waals surface area contributed by atoms with E-state index in [-0.39, 0.29) is 44.5 Å². The number of hydrogen-bond donors (Lipinski definition) is 2. The van der Waals surface area contributed by atoms with Crippen LogP contribution in [0.4, 0.5) is 0 Å². The summed E-state index contributed by atoms with van der Waals surface area (Å²) in [6.45, 7) is 0. The minimum absolute atomic E-state index is 0. The van der Waals surface area contributed by atoms with Crippen molar-refractivity contribution in [3.05, 3.63) is 6.42 Å².